The van der Waals surface area contributed by atoms with Crippen LogP contribution in [0, 0.1) is 5.82 Å². The molecule has 118 valence electrons. The van der Waals surface area contributed by atoms with Crippen molar-refractivity contribution in [2.45, 2.75) is 64.8 Å². The summed E-state index contributed by atoms with van der Waals surface area (Å²) in [6, 6.07) is 5.51. The summed E-state index contributed by atoms with van der Waals surface area (Å²) in [6.07, 6.45) is 2.04. The van der Waals surface area contributed by atoms with Crippen LogP contribution in [0.2, 0.25) is 0 Å². The van der Waals surface area contributed by atoms with Crippen LogP contribution in [-0.2, 0) is 11.3 Å². The Hall–Kier alpha value is -1.13. The van der Waals surface area contributed by atoms with Crippen molar-refractivity contribution in [1.29, 1.82) is 0 Å². The zero-order valence-electron chi connectivity index (χ0n) is 13.4. The highest BCUT2D eigenvalue weighted by atomic mass is 19.1. The summed E-state index contributed by atoms with van der Waals surface area (Å²) in [5, 5.41) is 3.27. The van der Waals surface area contributed by atoms with Gasteiger partial charge in [-0.15, -0.1) is 0 Å². The standard InChI is InChI=1S/C17H26FNO2/c1-12(2)19-10-13-5-6-16(15(18)9-13)20-11-14-7-8-17(3,4)21-14/h5-6,9,12,14,19H,7-8,10-11H2,1-4H3. The van der Waals surface area contributed by atoms with Crippen LogP contribution in [0.25, 0.3) is 0 Å². The van der Waals surface area contributed by atoms with E-state index in [1.54, 1.807) is 6.07 Å². The smallest absolute Gasteiger partial charge is 0.165 e. The molecule has 0 amide bonds. The van der Waals surface area contributed by atoms with Gasteiger partial charge < -0.3 is 14.8 Å². The van der Waals surface area contributed by atoms with Crippen LogP contribution >= 0.6 is 0 Å². The van der Waals surface area contributed by atoms with E-state index in [-0.39, 0.29) is 17.5 Å². The van der Waals surface area contributed by atoms with E-state index in [9.17, 15) is 4.39 Å². The molecule has 1 unspecified atom stereocenters. The first-order chi connectivity index (χ1) is 9.85. The summed E-state index contributed by atoms with van der Waals surface area (Å²) in [5.41, 5.74) is 0.839. The zero-order chi connectivity index (χ0) is 15.5. The number of hydrogen-bond donors (Lipinski definition) is 1. The van der Waals surface area contributed by atoms with Gasteiger partial charge in [0.25, 0.3) is 0 Å². The van der Waals surface area contributed by atoms with Crippen molar-refractivity contribution in [3.63, 3.8) is 0 Å². The zero-order valence-corrected chi connectivity index (χ0v) is 13.4. The first-order valence-electron chi connectivity index (χ1n) is 7.68. The SMILES string of the molecule is CC(C)NCc1ccc(OCC2CCC(C)(C)O2)c(F)c1. The molecule has 1 saturated heterocycles. The van der Waals surface area contributed by atoms with Crippen molar-refractivity contribution in [2.75, 3.05) is 6.61 Å². The first kappa shape index (κ1) is 16.2. The lowest BCUT2D eigenvalue weighted by atomic mass is 10.1. The summed E-state index contributed by atoms with van der Waals surface area (Å²) >= 11 is 0. The van der Waals surface area contributed by atoms with E-state index < -0.39 is 0 Å². The Labute approximate surface area is 126 Å². The van der Waals surface area contributed by atoms with Crippen LogP contribution in [0.1, 0.15) is 46.1 Å². The fourth-order valence-corrected chi connectivity index (χ4v) is 2.47. The first-order valence-corrected chi connectivity index (χ1v) is 7.68. The molecule has 1 heterocycles. The number of halogens is 1. The average Bonchev–Trinajstić information content (AvgIpc) is 2.75. The highest BCUT2D eigenvalue weighted by molar-refractivity contribution is 5.29. The second-order valence-electron chi connectivity index (χ2n) is 6.65. The molecular weight excluding hydrogens is 269 g/mol. The Morgan fingerprint density at radius 1 is 1.43 bits per heavy atom. The highest BCUT2D eigenvalue weighted by Gasteiger charge is 2.32. The van der Waals surface area contributed by atoms with E-state index in [1.807, 2.05) is 6.07 Å². The van der Waals surface area contributed by atoms with Crippen LogP contribution in [0.3, 0.4) is 0 Å². The second-order valence-corrected chi connectivity index (χ2v) is 6.65. The lowest BCUT2D eigenvalue weighted by Gasteiger charge is -2.19. The van der Waals surface area contributed by atoms with Gasteiger partial charge in [0.05, 0.1) is 11.7 Å². The van der Waals surface area contributed by atoms with Crippen molar-refractivity contribution in [3.05, 3.63) is 29.6 Å². The molecule has 0 aromatic heterocycles. The van der Waals surface area contributed by atoms with E-state index in [0.717, 1.165) is 18.4 Å². The molecule has 3 nitrogen and oxygen atoms in total. The number of benzene rings is 1. The Morgan fingerprint density at radius 2 is 2.19 bits per heavy atom. The van der Waals surface area contributed by atoms with Gasteiger partial charge in [-0.3, -0.25) is 0 Å². The Morgan fingerprint density at radius 3 is 2.76 bits per heavy atom. The monoisotopic (exact) mass is 295 g/mol. The molecule has 0 spiro atoms. The molecule has 0 aliphatic carbocycles. The number of hydrogen-bond acceptors (Lipinski definition) is 3. The van der Waals surface area contributed by atoms with Crippen LogP contribution < -0.4 is 10.1 Å². The number of ether oxygens (including phenoxy) is 2. The third-order valence-electron chi connectivity index (χ3n) is 3.69. The molecule has 1 aliphatic rings. The lowest BCUT2D eigenvalue weighted by Crippen LogP contribution is -2.24. The fraction of sp³-hybridized carbons (Fsp3) is 0.647. The number of rotatable bonds is 6. The molecule has 4 heteroatoms. The average molecular weight is 295 g/mol. The molecule has 0 radical (unpaired) electrons. The van der Waals surface area contributed by atoms with Crippen molar-refractivity contribution in [1.82, 2.24) is 5.32 Å². The molecular formula is C17H26FNO2. The number of nitrogens with one attached hydrogen (secondary N) is 1. The Kier molecular flexibility index (Phi) is 5.22. The minimum absolute atomic E-state index is 0.0571. The lowest BCUT2D eigenvalue weighted by molar-refractivity contribution is -0.0330. The van der Waals surface area contributed by atoms with Crippen LogP contribution in [0.4, 0.5) is 4.39 Å². The van der Waals surface area contributed by atoms with E-state index >= 15 is 0 Å². The normalized spacial score (nSPS) is 21.0. The van der Waals surface area contributed by atoms with Crippen LogP contribution in [0.15, 0.2) is 18.2 Å². The van der Waals surface area contributed by atoms with Gasteiger partial charge in [-0.25, -0.2) is 4.39 Å². The van der Waals surface area contributed by atoms with Gasteiger partial charge in [0, 0.05) is 12.6 Å². The maximum Gasteiger partial charge on any atom is 0.165 e. The fourth-order valence-electron chi connectivity index (χ4n) is 2.47. The van der Waals surface area contributed by atoms with Crippen molar-refractivity contribution < 1.29 is 13.9 Å². The molecule has 1 fully saturated rings. The molecule has 1 aliphatic heterocycles. The van der Waals surface area contributed by atoms with E-state index in [1.165, 1.54) is 6.07 Å². The van der Waals surface area contributed by atoms with E-state index in [0.29, 0.717) is 24.9 Å². The van der Waals surface area contributed by atoms with E-state index in [4.69, 9.17) is 9.47 Å². The maximum atomic E-state index is 14.0. The van der Waals surface area contributed by atoms with Crippen LogP contribution in [0.5, 0.6) is 5.75 Å². The molecule has 21 heavy (non-hydrogen) atoms. The molecule has 0 saturated carbocycles. The topological polar surface area (TPSA) is 30.5 Å². The minimum atomic E-state index is -0.310. The van der Waals surface area contributed by atoms with Crippen molar-refractivity contribution >= 4 is 0 Å². The maximum absolute atomic E-state index is 14.0. The summed E-state index contributed by atoms with van der Waals surface area (Å²) in [6.45, 7) is 9.35. The van der Waals surface area contributed by atoms with Gasteiger partial charge in [-0.1, -0.05) is 19.9 Å². The molecule has 1 aromatic carbocycles. The molecule has 1 atom stereocenters. The molecule has 1 aromatic rings. The van der Waals surface area contributed by atoms with Crippen molar-refractivity contribution in [2.24, 2.45) is 0 Å². The summed E-state index contributed by atoms with van der Waals surface area (Å²) in [4.78, 5) is 0. The predicted octanol–water partition coefficient (Wildman–Crippen LogP) is 3.66. The minimum Gasteiger partial charge on any atom is -0.488 e. The van der Waals surface area contributed by atoms with Gasteiger partial charge >= 0.3 is 0 Å². The van der Waals surface area contributed by atoms with Gasteiger partial charge in [0.1, 0.15) is 6.61 Å². The van der Waals surface area contributed by atoms with Gasteiger partial charge in [-0.05, 0) is 44.4 Å². The Bertz CT molecular complexity index is 474. The van der Waals surface area contributed by atoms with Gasteiger partial charge in [0.2, 0.25) is 0 Å². The summed E-state index contributed by atoms with van der Waals surface area (Å²) in [5.74, 6) is -0.00748. The third-order valence-corrected chi connectivity index (χ3v) is 3.69. The Balaban J connectivity index is 1.86. The summed E-state index contributed by atoms with van der Waals surface area (Å²) in [7, 11) is 0. The molecule has 1 N–H and O–H groups in total. The largest absolute Gasteiger partial charge is 0.488 e. The quantitative estimate of drug-likeness (QED) is 0.869. The van der Waals surface area contributed by atoms with Crippen LogP contribution in [-0.4, -0.2) is 24.4 Å². The summed E-state index contributed by atoms with van der Waals surface area (Å²) < 4.78 is 25.4. The molecule has 0 bridgehead atoms. The van der Waals surface area contributed by atoms with Gasteiger partial charge in [-0.2, -0.15) is 0 Å². The third kappa shape index (κ3) is 4.97. The highest BCUT2D eigenvalue weighted by Crippen LogP contribution is 2.30. The predicted molar refractivity (Wildman–Crippen MR) is 82.1 cm³/mol. The van der Waals surface area contributed by atoms with Crippen molar-refractivity contribution in [3.8, 4) is 5.75 Å². The van der Waals surface area contributed by atoms with E-state index in [2.05, 4.69) is 33.0 Å². The second kappa shape index (κ2) is 6.75. The molecule has 2 rings (SSSR count). The van der Waals surface area contributed by atoms with Gasteiger partial charge in [0.15, 0.2) is 11.6 Å².